The highest BCUT2D eigenvalue weighted by Gasteiger charge is 2.29. The molecule has 2 N–H and O–H groups in total. The first kappa shape index (κ1) is 15.1. The quantitative estimate of drug-likeness (QED) is 0.837. The molecule has 0 saturated heterocycles. The Labute approximate surface area is 111 Å². The number of thiophene rings is 1. The molecule has 102 valence electrons. The zero-order chi connectivity index (χ0) is 14.0. The predicted molar refractivity (Wildman–Crippen MR) is 70.4 cm³/mol. The van der Waals surface area contributed by atoms with E-state index in [-0.39, 0.29) is 10.6 Å². The fourth-order valence-corrected chi connectivity index (χ4v) is 4.23. The number of aryl methyl sites for hydroxylation is 1. The first-order chi connectivity index (χ1) is 8.16. The lowest BCUT2D eigenvalue weighted by atomic mass is 10.0. The summed E-state index contributed by atoms with van der Waals surface area (Å²) in [4.78, 5) is 11.6. The smallest absolute Gasteiger partial charge is 0.305 e. The Hall–Kier alpha value is -0.920. The van der Waals surface area contributed by atoms with Crippen LogP contribution in [0.15, 0.2) is 16.3 Å². The van der Waals surface area contributed by atoms with Gasteiger partial charge in [0.2, 0.25) is 0 Å². The minimum absolute atomic E-state index is 0.220. The lowest BCUT2D eigenvalue weighted by Crippen LogP contribution is -2.44. The lowest BCUT2D eigenvalue weighted by molar-refractivity contribution is -0.138. The standard InChI is InChI=1S/C11H17NO4S2/c1-4-8-5-6-10(17-8)18(15,16)12-11(2,3)7-9(13)14/h5-6,12H,4,7H2,1-3H3,(H,13,14). The van der Waals surface area contributed by atoms with Crippen LogP contribution in [-0.4, -0.2) is 25.0 Å². The average Bonchev–Trinajstić information content (AvgIpc) is 2.61. The molecule has 0 amide bonds. The predicted octanol–water partition coefficient (Wildman–Crippen LogP) is 1.84. The van der Waals surface area contributed by atoms with E-state index in [1.54, 1.807) is 26.0 Å². The van der Waals surface area contributed by atoms with Crippen molar-refractivity contribution in [2.45, 2.75) is 43.4 Å². The van der Waals surface area contributed by atoms with Crippen LogP contribution in [0.25, 0.3) is 0 Å². The monoisotopic (exact) mass is 291 g/mol. The number of hydrogen-bond acceptors (Lipinski definition) is 4. The Balaban J connectivity index is 2.91. The number of carboxylic acid groups (broad SMARTS) is 1. The number of carbonyl (C=O) groups is 1. The van der Waals surface area contributed by atoms with Crippen LogP contribution in [0.1, 0.15) is 32.1 Å². The molecule has 1 rings (SSSR count). The van der Waals surface area contributed by atoms with Crippen LogP contribution in [0, 0.1) is 0 Å². The van der Waals surface area contributed by atoms with Gasteiger partial charge < -0.3 is 5.11 Å². The molecule has 0 saturated carbocycles. The van der Waals surface area contributed by atoms with Crippen molar-refractivity contribution in [3.05, 3.63) is 17.0 Å². The van der Waals surface area contributed by atoms with Crippen LogP contribution in [0.2, 0.25) is 0 Å². The average molecular weight is 291 g/mol. The Morgan fingerprint density at radius 1 is 1.44 bits per heavy atom. The second-order valence-electron chi connectivity index (χ2n) is 4.63. The molecule has 1 aromatic rings. The summed E-state index contributed by atoms with van der Waals surface area (Å²) in [7, 11) is -3.65. The first-order valence-electron chi connectivity index (χ1n) is 5.51. The second kappa shape index (κ2) is 5.38. The third kappa shape index (κ3) is 4.08. The maximum Gasteiger partial charge on any atom is 0.305 e. The Bertz CT molecular complexity index is 531. The van der Waals surface area contributed by atoms with Gasteiger partial charge in [-0.1, -0.05) is 6.92 Å². The van der Waals surface area contributed by atoms with E-state index in [4.69, 9.17) is 5.11 Å². The first-order valence-corrected chi connectivity index (χ1v) is 7.81. The van der Waals surface area contributed by atoms with E-state index in [9.17, 15) is 13.2 Å². The van der Waals surface area contributed by atoms with E-state index < -0.39 is 21.5 Å². The molecule has 0 aliphatic heterocycles. The number of aliphatic carboxylic acids is 1. The van der Waals surface area contributed by atoms with E-state index >= 15 is 0 Å². The summed E-state index contributed by atoms with van der Waals surface area (Å²) in [5.74, 6) is -1.04. The molecular formula is C11H17NO4S2. The molecule has 0 radical (unpaired) electrons. The van der Waals surface area contributed by atoms with Crippen LogP contribution < -0.4 is 4.72 Å². The van der Waals surface area contributed by atoms with Gasteiger partial charge in [-0.15, -0.1) is 11.3 Å². The van der Waals surface area contributed by atoms with Crippen molar-refractivity contribution in [2.75, 3.05) is 0 Å². The van der Waals surface area contributed by atoms with E-state index in [2.05, 4.69) is 4.72 Å². The van der Waals surface area contributed by atoms with Gasteiger partial charge in [0, 0.05) is 10.4 Å². The van der Waals surface area contributed by atoms with Gasteiger partial charge in [0.15, 0.2) is 0 Å². The number of nitrogens with one attached hydrogen (secondary N) is 1. The van der Waals surface area contributed by atoms with Crippen LogP contribution in [0.5, 0.6) is 0 Å². The molecule has 7 heteroatoms. The molecule has 0 atom stereocenters. The molecule has 1 aromatic heterocycles. The molecule has 0 fully saturated rings. The highest BCUT2D eigenvalue weighted by atomic mass is 32.2. The van der Waals surface area contributed by atoms with Crippen molar-refractivity contribution >= 4 is 27.3 Å². The van der Waals surface area contributed by atoms with Crippen LogP contribution in [0.4, 0.5) is 0 Å². The van der Waals surface area contributed by atoms with Gasteiger partial charge in [-0.2, -0.15) is 0 Å². The second-order valence-corrected chi connectivity index (χ2v) is 7.71. The van der Waals surface area contributed by atoms with E-state index in [0.717, 1.165) is 11.3 Å². The summed E-state index contributed by atoms with van der Waals surface area (Å²) in [6, 6.07) is 3.31. The largest absolute Gasteiger partial charge is 0.481 e. The van der Waals surface area contributed by atoms with Gasteiger partial charge in [-0.25, -0.2) is 13.1 Å². The van der Waals surface area contributed by atoms with Crippen molar-refractivity contribution in [1.29, 1.82) is 0 Å². The fraction of sp³-hybridized carbons (Fsp3) is 0.545. The number of hydrogen-bond donors (Lipinski definition) is 2. The lowest BCUT2D eigenvalue weighted by Gasteiger charge is -2.23. The van der Waals surface area contributed by atoms with Crippen molar-refractivity contribution in [3.8, 4) is 0 Å². The van der Waals surface area contributed by atoms with E-state index in [1.165, 1.54) is 11.3 Å². The summed E-state index contributed by atoms with van der Waals surface area (Å²) < 4.78 is 26.8. The van der Waals surface area contributed by atoms with Gasteiger partial charge in [0.1, 0.15) is 4.21 Å². The summed E-state index contributed by atoms with van der Waals surface area (Å²) in [6.07, 6.45) is 0.511. The molecule has 18 heavy (non-hydrogen) atoms. The Kier molecular flexibility index (Phi) is 4.52. The fourth-order valence-electron chi connectivity index (χ4n) is 1.52. The molecule has 0 aliphatic carbocycles. The molecule has 1 heterocycles. The highest BCUT2D eigenvalue weighted by Crippen LogP contribution is 2.23. The van der Waals surface area contributed by atoms with E-state index in [0.29, 0.717) is 0 Å². The van der Waals surface area contributed by atoms with Crippen molar-refractivity contribution in [1.82, 2.24) is 4.72 Å². The third-order valence-electron chi connectivity index (χ3n) is 2.25. The molecule has 0 spiro atoms. The van der Waals surface area contributed by atoms with Crippen LogP contribution in [-0.2, 0) is 21.2 Å². The molecule has 0 bridgehead atoms. The van der Waals surface area contributed by atoms with Gasteiger partial charge in [-0.05, 0) is 32.4 Å². The maximum absolute atomic E-state index is 12.1. The van der Waals surface area contributed by atoms with Gasteiger partial charge >= 0.3 is 5.97 Å². The Morgan fingerprint density at radius 3 is 2.50 bits per heavy atom. The summed E-state index contributed by atoms with van der Waals surface area (Å²) >= 11 is 1.20. The minimum atomic E-state index is -3.65. The molecule has 0 aliphatic rings. The number of carboxylic acids is 1. The van der Waals surface area contributed by atoms with Crippen LogP contribution in [0.3, 0.4) is 0 Å². The SMILES string of the molecule is CCc1ccc(S(=O)(=O)NC(C)(C)CC(=O)O)s1. The summed E-state index contributed by atoms with van der Waals surface area (Å²) in [5, 5.41) is 8.73. The third-order valence-corrected chi connectivity index (χ3v) is 5.67. The maximum atomic E-state index is 12.1. The zero-order valence-corrected chi connectivity index (χ0v) is 12.2. The summed E-state index contributed by atoms with van der Waals surface area (Å²) in [6.45, 7) is 5.05. The summed E-state index contributed by atoms with van der Waals surface area (Å²) in [5.41, 5.74) is -1.01. The number of rotatable bonds is 6. The van der Waals surface area contributed by atoms with Crippen molar-refractivity contribution in [3.63, 3.8) is 0 Å². The van der Waals surface area contributed by atoms with Crippen molar-refractivity contribution < 1.29 is 18.3 Å². The number of sulfonamides is 1. The van der Waals surface area contributed by atoms with Crippen LogP contribution >= 0.6 is 11.3 Å². The van der Waals surface area contributed by atoms with E-state index in [1.807, 2.05) is 6.92 Å². The normalized spacial score (nSPS) is 12.6. The molecule has 0 unspecified atom stereocenters. The molecule has 5 nitrogen and oxygen atoms in total. The molecular weight excluding hydrogens is 274 g/mol. The zero-order valence-electron chi connectivity index (χ0n) is 10.6. The van der Waals surface area contributed by atoms with Gasteiger partial charge in [-0.3, -0.25) is 4.79 Å². The minimum Gasteiger partial charge on any atom is -0.481 e. The molecule has 0 aromatic carbocycles. The van der Waals surface area contributed by atoms with Crippen molar-refractivity contribution in [2.24, 2.45) is 0 Å². The Morgan fingerprint density at radius 2 is 2.06 bits per heavy atom. The van der Waals surface area contributed by atoms with Gasteiger partial charge in [0.05, 0.1) is 6.42 Å². The topological polar surface area (TPSA) is 83.5 Å². The van der Waals surface area contributed by atoms with Gasteiger partial charge in [0.25, 0.3) is 10.0 Å². The highest BCUT2D eigenvalue weighted by molar-refractivity contribution is 7.91.